The molecule has 2 amide bonds. The lowest BCUT2D eigenvalue weighted by Gasteiger charge is -2.30. The van der Waals surface area contributed by atoms with E-state index in [0.29, 0.717) is 24.2 Å². The maximum absolute atomic E-state index is 12.6. The summed E-state index contributed by atoms with van der Waals surface area (Å²) in [4.78, 5) is 28.4. The number of piperidine rings is 1. The molecule has 0 unspecified atom stereocenters. The van der Waals surface area contributed by atoms with Gasteiger partial charge >= 0.3 is 0 Å². The molecule has 29 heavy (non-hydrogen) atoms. The number of rotatable bonds is 5. The number of hydrazine groups is 1. The van der Waals surface area contributed by atoms with E-state index in [2.05, 4.69) is 15.8 Å². The van der Waals surface area contributed by atoms with Crippen molar-refractivity contribution in [3.05, 3.63) is 54.4 Å². The maximum Gasteiger partial charge on any atom is 0.269 e. The second-order valence-electron chi connectivity index (χ2n) is 6.54. The largest absolute Gasteiger partial charge is 0.497 e. The molecule has 10 heteroatoms. The number of carbonyl (C=O) groups excluding carboxylic acids is 2. The van der Waals surface area contributed by atoms with E-state index in [0.717, 1.165) is 0 Å². The molecule has 3 rings (SSSR count). The third kappa shape index (κ3) is 4.90. The number of hydrogen-bond donors (Lipinski definition) is 2. The van der Waals surface area contributed by atoms with Gasteiger partial charge in [0.2, 0.25) is 15.9 Å². The van der Waals surface area contributed by atoms with Crippen molar-refractivity contribution in [1.29, 1.82) is 0 Å². The zero-order valence-corrected chi connectivity index (χ0v) is 16.7. The Labute approximate surface area is 169 Å². The van der Waals surface area contributed by atoms with Crippen molar-refractivity contribution in [3.63, 3.8) is 0 Å². The van der Waals surface area contributed by atoms with Crippen molar-refractivity contribution in [3.8, 4) is 5.75 Å². The fourth-order valence-corrected chi connectivity index (χ4v) is 4.48. The van der Waals surface area contributed by atoms with Crippen molar-refractivity contribution < 1.29 is 22.7 Å². The van der Waals surface area contributed by atoms with Crippen LogP contribution in [-0.4, -0.2) is 49.7 Å². The van der Waals surface area contributed by atoms with Crippen molar-refractivity contribution in [2.24, 2.45) is 5.92 Å². The van der Waals surface area contributed by atoms with Gasteiger partial charge < -0.3 is 4.74 Å². The van der Waals surface area contributed by atoms with E-state index in [1.165, 1.54) is 29.9 Å². The molecule has 9 nitrogen and oxygen atoms in total. The summed E-state index contributed by atoms with van der Waals surface area (Å²) in [5.74, 6) is -0.548. The molecule has 0 radical (unpaired) electrons. The van der Waals surface area contributed by atoms with Crippen LogP contribution in [-0.2, 0) is 14.8 Å². The highest BCUT2D eigenvalue weighted by molar-refractivity contribution is 7.89. The number of amides is 2. The van der Waals surface area contributed by atoms with E-state index in [4.69, 9.17) is 4.74 Å². The van der Waals surface area contributed by atoms with E-state index < -0.39 is 15.9 Å². The first-order valence-electron chi connectivity index (χ1n) is 9.06. The van der Waals surface area contributed by atoms with Gasteiger partial charge in [-0.15, -0.1) is 0 Å². The molecule has 0 spiro atoms. The van der Waals surface area contributed by atoms with E-state index >= 15 is 0 Å². The smallest absolute Gasteiger partial charge is 0.269 e. The van der Waals surface area contributed by atoms with Gasteiger partial charge in [-0.1, -0.05) is 0 Å². The maximum atomic E-state index is 12.6. The minimum atomic E-state index is -3.62. The normalized spacial score (nSPS) is 15.5. The average molecular weight is 418 g/mol. The molecule has 1 fully saturated rings. The van der Waals surface area contributed by atoms with Crippen LogP contribution in [0.15, 0.2) is 53.7 Å². The fourth-order valence-electron chi connectivity index (χ4n) is 3.04. The minimum Gasteiger partial charge on any atom is -0.497 e. The number of methoxy groups -OCH3 is 1. The predicted molar refractivity (Wildman–Crippen MR) is 104 cm³/mol. The number of pyridine rings is 1. The molecule has 2 N–H and O–H groups in total. The second-order valence-corrected chi connectivity index (χ2v) is 8.48. The Kier molecular flexibility index (Phi) is 6.45. The van der Waals surface area contributed by atoms with Crippen LogP contribution in [0.3, 0.4) is 0 Å². The van der Waals surface area contributed by atoms with Crippen LogP contribution in [0.4, 0.5) is 0 Å². The van der Waals surface area contributed by atoms with Gasteiger partial charge in [0.05, 0.1) is 7.11 Å². The summed E-state index contributed by atoms with van der Waals surface area (Å²) >= 11 is 0. The molecule has 0 bridgehead atoms. The second kappa shape index (κ2) is 9.01. The number of nitrogens with zero attached hydrogens (tertiary/aromatic N) is 2. The molecule has 0 saturated carbocycles. The lowest BCUT2D eigenvalue weighted by atomic mass is 9.98. The minimum absolute atomic E-state index is 0.134. The van der Waals surface area contributed by atoms with Crippen LogP contribution in [0.2, 0.25) is 0 Å². The number of sulfonamides is 1. The average Bonchev–Trinajstić information content (AvgIpc) is 2.78. The molecule has 1 saturated heterocycles. The standard InChI is InChI=1S/C19H22N4O5S/c1-28-16-6-4-14(5-7-16)18(24)21-22-19(25)15-8-11-23(12-9-15)29(26,27)17-3-2-10-20-13-17/h2-7,10,13,15H,8-9,11-12H2,1H3,(H,21,24)(H,22,25). The van der Waals surface area contributed by atoms with E-state index in [9.17, 15) is 18.0 Å². The van der Waals surface area contributed by atoms with Gasteiger partial charge in [0.25, 0.3) is 5.91 Å². The van der Waals surface area contributed by atoms with Crippen molar-refractivity contribution in [2.45, 2.75) is 17.7 Å². The van der Waals surface area contributed by atoms with Gasteiger partial charge in [0.1, 0.15) is 10.6 Å². The quantitative estimate of drug-likeness (QED) is 0.698. The molecule has 1 aliphatic heterocycles. The molecule has 154 valence electrons. The highest BCUT2D eigenvalue weighted by Gasteiger charge is 2.32. The Morgan fingerprint density at radius 1 is 1.10 bits per heavy atom. The van der Waals surface area contributed by atoms with Crippen molar-refractivity contribution >= 4 is 21.8 Å². The summed E-state index contributed by atoms with van der Waals surface area (Å²) < 4.78 is 31.6. The van der Waals surface area contributed by atoms with Gasteiger partial charge in [-0.25, -0.2) is 8.42 Å². The molecule has 1 aromatic carbocycles. The van der Waals surface area contributed by atoms with Gasteiger partial charge in [0, 0.05) is 37.0 Å². The SMILES string of the molecule is COc1ccc(C(=O)NNC(=O)C2CCN(S(=O)(=O)c3cccnc3)CC2)cc1. The van der Waals surface area contributed by atoms with Crippen molar-refractivity contribution in [1.82, 2.24) is 20.1 Å². The molecule has 2 heterocycles. The summed E-state index contributed by atoms with van der Waals surface area (Å²) in [5, 5.41) is 0. The highest BCUT2D eigenvalue weighted by Crippen LogP contribution is 2.23. The van der Waals surface area contributed by atoms with Gasteiger partial charge in [-0.05, 0) is 49.2 Å². The number of aromatic nitrogens is 1. The molecule has 1 aromatic heterocycles. The zero-order valence-electron chi connectivity index (χ0n) is 15.9. The number of nitrogens with one attached hydrogen (secondary N) is 2. The lowest BCUT2D eigenvalue weighted by molar-refractivity contribution is -0.126. The first-order chi connectivity index (χ1) is 13.9. The number of ether oxygens (including phenoxy) is 1. The Balaban J connectivity index is 1.50. The Hall–Kier alpha value is -2.98. The van der Waals surface area contributed by atoms with Crippen LogP contribution in [0.5, 0.6) is 5.75 Å². The lowest BCUT2D eigenvalue weighted by Crippen LogP contribution is -2.48. The number of benzene rings is 1. The molecule has 1 aliphatic rings. The van der Waals surface area contributed by atoms with Gasteiger partial charge in [-0.3, -0.25) is 25.4 Å². The van der Waals surface area contributed by atoms with E-state index in [-0.39, 0.29) is 29.8 Å². The number of hydrogen-bond acceptors (Lipinski definition) is 6. The summed E-state index contributed by atoms with van der Waals surface area (Å²) in [7, 11) is -2.09. The summed E-state index contributed by atoms with van der Waals surface area (Å²) in [6, 6.07) is 9.53. The summed E-state index contributed by atoms with van der Waals surface area (Å²) in [6.07, 6.45) is 3.55. The third-order valence-corrected chi connectivity index (χ3v) is 6.63. The van der Waals surface area contributed by atoms with Crippen LogP contribution in [0.25, 0.3) is 0 Å². The molecular formula is C19H22N4O5S. The Morgan fingerprint density at radius 3 is 2.38 bits per heavy atom. The topological polar surface area (TPSA) is 118 Å². The molecular weight excluding hydrogens is 396 g/mol. The Morgan fingerprint density at radius 2 is 1.79 bits per heavy atom. The highest BCUT2D eigenvalue weighted by atomic mass is 32.2. The fraction of sp³-hybridized carbons (Fsp3) is 0.316. The monoisotopic (exact) mass is 418 g/mol. The third-order valence-electron chi connectivity index (χ3n) is 4.75. The molecule has 2 aromatic rings. The summed E-state index contributed by atoms with van der Waals surface area (Å²) in [5.41, 5.74) is 5.18. The van der Waals surface area contributed by atoms with Gasteiger partial charge in [0.15, 0.2) is 0 Å². The predicted octanol–water partition coefficient (Wildman–Crippen LogP) is 0.952. The summed E-state index contributed by atoms with van der Waals surface area (Å²) in [6.45, 7) is 0.448. The first kappa shape index (κ1) is 20.7. The van der Waals surface area contributed by atoms with E-state index in [1.54, 1.807) is 30.3 Å². The van der Waals surface area contributed by atoms with Crippen LogP contribution >= 0.6 is 0 Å². The van der Waals surface area contributed by atoms with Gasteiger partial charge in [-0.2, -0.15) is 4.31 Å². The zero-order chi connectivity index (χ0) is 20.9. The molecule has 0 atom stereocenters. The van der Waals surface area contributed by atoms with Crippen molar-refractivity contribution in [2.75, 3.05) is 20.2 Å². The Bertz CT molecular complexity index is 956. The van der Waals surface area contributed by atoms with Crippen LogP contribution in [0.1, 0.15) is 23.2 Å². The van der Waals surface area contributed by atoms with Crippen LogP contribution < -0.4 is 15.6 Å². The van der Waals surface area contributed by atoms with Crippen LogP contribution in [0, 0.1) is 5.92 Å². The first-order valence-corrected chi connectivity index (χ1v) is 10.5. The molecule has 0 aliphatic carbocycles. The van der Waals surface area contributed by atoms with E-state index in [1.807, 2.05) is 0 Å². The number of carbonyl (C=O) groups is 2.